The maximum atomic E-state index is 15.6. The smallest absolute Gasteiger partial charge is 0.408 e. The van der Waals surface area contributed by atoms with Crippen LogP contribution in [0.5, 0.6) is 0 Å². The molecule has 3 aliphatic carbocycles. The molecular formula is C50H68N2O13. The lowest BCUT2D eigenvalue weighted by atomic mass is 9.43. The first-order chi connectivity index (χ1) is 30.6. The van der Waals surface area contributed by atoms with E-state index >= 15 is 4.79 Å². The number of alkyl carbamates (subject to hydrolysis) is 1. The van der Waals surface area contributed by atoms with Crippen LogP contribution in [0.1, 0.15) is 109 Å². The van der Waals surface area contributed by atoms with Gasteiger partial charge in [0.05, 0.1) is 55.3 Å². The van der Waals surface area contributed by atoms with Gasteiger partial charge in [-0.3, -0.25) is 19.3 Å². The molecule has 2 saturated heterocycles. The number of carboxylic acids is 1. The number of hydrogen-bond donors (Lipinski definition) is 3. The minimum Gasteiger partial charge on any atom is -0.481 e. The molecule has 2 saturated carbocycles. The Bertz CT molecular complexity index is 2080. The highest BCUT2D eigenvalue weighted by molar-refractivity contribution is 5.92. The molecule has 5 aliphatic rings. The molecule has 2 heterocycles. The number of benzene rings is 2. The Morgan fingerprint density at radius 1 is 0.985 bits per heavy atom. The van der Waals surface area contributed by atoms with Gasteiger partial charge in [-0.1, -0.05) is 73.5 Å². The number of carbonyl (C=O) groups excluding carboxylic acids is 4. The van der Waals surface area contributed by atoms with Crippen molar-refractivity contribution in [2.24, 2.45) is 22.7 Å². The molecule has 1 amide bonds. The number of fused-ring (bicyclic) bond motifs is 5. The molecule has 65 heavy (non-hydrogen) atoms. The number of nitrogens with zero attached hydrogens (tertiary/aromatic N) is 1. The molecule has 2 aromatic carbocycles. The van der Waals surface area contributed by atoms with Crippen molar-refractivity contribution >= 4 is 29.8 Å². The number of esters is 2. The molecule has 2 aromatic rings. The van der Waals surface area contributed by atoms with E-state index in [9.17, 15) is 24.3 Å². The van der Waals surface area contributed by atoms with Gasteiger partial charge in [0.15, 0.2) is 5.60 Å². The first-order valence-electron chi connectivity index (χ1n) is 22.7. The Morgan fingerprint density at radius 3 is 2.17 bits per heavy atom. The van der Waals surface area contributed by atoms with E-state index in [1.54, 1.807) is 76.4 Å². The zero-order valence-electron chi connectivity index (χ0n) is 39.3. The van der Waals surface area contributed by atoms with Gasteiger partial charge in [-0.15, -0.1) is 0 Å². The number of allylic oxidation sites excluding steroid dienone is 1. The molecule has 9 atom stereocenters. The van der Waals surface area contributed by atoms with Crippen LogP contribution >= 0.6 is 0 Å². The van der Waals surface area contributed by atoms with Crippen LogP contribution in [0.3, 0.4) is 0 Å². The van der Waals surface area contributed by atoms with Gasteiger partial charge in [0.2, 0.25) is 0 Å². The van der Waals surface area contributed by atoms with Gasteiger partial charge in [-0.05, 0) is 78.1 Å². The molecule has 0 radical (unpaired) electrons. The molecule has 4 fully saturated rings. The summed E-state index contributed by atoms with van der Waals surface area (Å²) in [4.78, 5) is 67.2. The molecule has 0 aromatic heterocycles. The second-order valence-electron chi connectivity index (χ2n) is 19.9. The fourth-order valence-electron chi connectivity index (χ4n) is 11.2. The van der Waals surface area contributed by atoms with E-state index in [1.807, 2.05) is 32.9 Å². The lowest BCUT2D eigenvalue weighted by Gasteiger charge is -2.68. The number of amides is 1. The van der Waals surface area contributed by atoms with Crippen LogP contribution in [0.25, 0.3) is 0 Å². The fraction of sp³-hybridized carbons (Fsp3) is 0.620. The number of hydrogen-bond acceptors (Lipinski definition) is 13. The van der Waals surface area contributed by atoms with Gasteiger partial charge in [-0.25, -0.2) is 9.59 Å². The third kappa shape index (κ3) is 10.0. The monoisotopic (exact) mass is 904 g/mol. The van der Waals surface area contributed by atoms with E-state index in [-0.39, 0.29) is 18.8 Å². The van der Waals surface area contributed by atoms with E-state index in [4.69, 9.17) is 33.5 Å². The van der Waals surface area contributed by atoms with E-state index in [0.29, 0.717) is 51.0 Å². The number of carbonyl (C=O) groups is 5. The highest BCUT2D eigenvalue weighted by Gasteiger charge is 2.77. The standard InChI is InChI=1S/C36H49NO9.C14H19NO4/c1-22-12-14-36(41)31(45-32(40)24-10-8-7-9-11-24)29-34(5,26(42-6)20-27-35(29,21-44-27)46-23(2)38)30(39)25(28(22)33(36,3)4)13-15-37-16-18-43-19-17-37;1-14(2,3)19-13(18)15-11(9-12(16)17)10-7-5-4-6-8-10/h7-11,25-27,29,31,41H,12-21H2,1-6H3;4-8,11H,9H2,1-3H3,(H,15,18)(H,16,17)/t25-,26+,27-,29?,31+,34-,35+,36-;11-/m11/s1. The van der Waals surface area contributed by atoms with Gasteiger partial charge in [-0.2, -0.15) is 0 Å². The fourth-order valence-corrected chi connectivity index (χ4v) is 11.2. The van der Waals surface area contributed by atoms with Crippen LogP contribution in [0, 0.1) is 22.7 Å². The van der Waals surface area contributed by atoms with Crippen LogP contribution in [-0.4, -0.2) is 127 Å². The van der Waals surface area contributed by atoms with Crippen LogP contribution in [0.4, 0.5) is 4.79 Å². The van der Waals surface area contributed by atoms with E-state index in [0.717, 1.165) is 29.8 Å². The minimum absolute atomic E-state index is 0.0251. The Hall–Kier alpha value is -4.67. The molecule has 0 spiro atoms. The van der Waals surface area contributed by atoms with Crippen molar-refractivity contribution < 1.29 is 62.6 Å². The molecule has 15 nitrogen and oxygen atoms in total. The molecule has 15 heteroatoms. The number of aliphatic carboxylic acids is 1. The van der Waals surface area contributed by atoms with Crippen molar-refractivity contribution in [3.8, 4) is 0 Å². The number of nitrogens with one attached hydrogen (secondary N) is 1. The van der Waals surface area contributed by atoms with Gasteiger partial charge in [0.25, 0.3) is 0 Å². The normalized spacial score (nSPS) is 31.2. The molecule has 3 N–H and O–H groups in total. The van der Waals surface area contributed by atoms with Crippen molar-refractivity contribution in [2.75, 3.05) is 46.6 Å². The number of carboxylic acid groups (broad SMARTS) is 1. The van der Waals surface area contributed by atoms with Crippen molar-refractivity contribution in [1.29, 1.82) is 0 Å². The summed E-state index contributed by atoms with van der Waals surface area (Å²) < 4.78 is 35.6. The van der Waals surface area contributed by atoms with Gasteiger partial charge < -0.3 is 44.0 Å². The van der Waals surface area contributed by atoms with Crippen LogP contribution in [0.15, 0.2) is 71.8 Å². The Balaban J connectivity index is 0.000000310. The summed E-state index contributed by atoms with van der Waals surface area (Å²) in [5, 5.41) is 24.7. The molecule has 356 valence electrons. The van der Waals surface area contributed by atoms with Crippen LogP contribution in [-0.2, 0) is 42.8 Å². The first kappa shape index (κ1) is 49.8. The molecular weight excluding hydrogens is 837 g/mol. The third-order valence-corrected chi connectivity index (χ3v) is 14.4. The average molecular weight is 905 g/mol. The van der Waals surface area contributed by atoms with Crippen molar-refractivity contribution in [2.45, 2.75) is 129 Å². The van der Waals surface area contributed by atoms with Crippen molar-refractivity contribution in [3.05, 3.63) is 82.9 Å². The SMILES string of the molecule is CC(C)(C)OC(=O)N[C@H](CC(=O)O)c1ccccc1.CO[C@H]1C[C@H]2OC[C@@]2(OC(C)=O)C2[C@H](OC(=O)c3ccccc3)[C@]3(O)CCC(C)=C([C@@H](CCN4CCOCC4)C(=O)[C@@]21C)C3(C)C. The number of ketones is 1. The molecule has 1 unspecified atom stereocenters. The maximum Gasteiger partial charge on any atom is 0.408 e. The summed E-state index contributed by atoms with van der Waals surface area (Å²) in [5.41, 5.74) is -2.77. The second kappa shape index (κ2) is 19.7. The molecule has 2 bridgehead atoms. The third-order valence-electron chi connectivity index (χ3n) is 14.4. The average Bonchev–Trinajstić information content (AvgIpc) is 3.24. The van der Waals surface area contributed by atoms with Crippen LogP contribution < -0.4 is 5.32 Å². The maximum absolute atomic E-state index is 15.6. The van der Waals surface area contributed by atoms with Crippen LogP contribution in [0.2, 0.25) is 0 Å². The summed E-state index contributed by atoms with van der Waals surface area (Å²) in [7, 11) is 1.58. The summed E-state index contributed by atoms with van der Waals surface area (Å²) in [6.07, 6.45) is -1.57. The lowest BCUT2D eigenvalue weighted by Crippen LogP contribution is -2.81. The number of aliphatic hydroxyl groups is 1. The largest absolute Gasteiger partial charge is 0.481 e. The van der Waals surface area contributed by atoms with Gasteiger partial charge in [0.1, 0.15) is 29.2 Å². The summed E-state index contributed by atoms with van der Waals surface area (Å²) in [6, 6.07) is 17.0. The summed E-state index contributed by atoms with van der Waals surface area (Å²) >= 11 is 0. The number of morpholine rings is 1. The van der Waals surface area contributed by atoms with E-state index in [2.05, 4.69) is 17.1 Å². The van der Waals surface area contributed by atoms with Gasteiger partial charge >= 0.3 is 24.0 Å². The summed E-state index contributed by atoms with van der Waals surface area (Å²) in [6.45, 7) is 18.1. The predicted molar refractivity (Wildman–Crippen MR) is 239 cm³/mol. The highest BCUT2D eigenvalue weighted by atomic mass is 16.6. The van der Waals surface area contributed by atoms with E-state index < -0.39 is 87.8 Å². The van der Waals surface area contributed by atoms with Gasteiger partial charge in [0, 0.05) is 44.9 Å². The lowest BCUT2D eigenvalue weighted by molar-refractivity contribution is -0.346. The number of methoxy groups -OCH3 is 1. The quantitative estimate of drug-likeness (QED) is 0.126. The van der Waals surface area contributed by atoms with Crippen molar-refractivity contribution in [3.63, 3.8) is 0 Å². The van der Waals surface area contributed by atoms with Crippen molar-refractivity contribution in [1.82, 2.24) is 10.2 Å². The topological polar surface area (TPSA) is 196 Å². The number of Topliss-reactive ketones (excluding diaryl/α,β-unsaturated/α-hetero) is 1. The first-order valence-corrected chi connectivity index (χ1v) is 22.7. The van der Waals surface area contributed by atoms with E-state index in [1.165, 1.54) is 6.92 Å². The zero-order valence-corrected chi connectivity index (χ0v) is 39.3. The number of rotatable bonds is 11. The predicted octanol–water partition coefficient (Wildman–Crippen LogP) is 6.47. The Labute approximate surface area is 382 Å². The molecule has 2 aliphatic heterocycles. The Kier molecular flexibility index (Phi) is 15.0. The second-order valence-corrected chi connectivity index (χ2v) is 19.9. The molecule has 7 rings (SSSR count). The minimum atomic E-state index is -1.61. The highest BCUT2D eigenvalue weighted by Crippen LogP contribution is 2.65. The summed E-state index contributed by atoms with van der Waals surface area (Å²) in [5.74, 6) is -3.64. The number of ether oxygens (including phenoxy) is 6. The zero-order chi connectivity index (χ0) is 47.5. The Morgan fingerprint density at radius 2 is 1.62 bits per heavy atom.